The zero-order valence-electron chi connectivity index (χ0n) is 14.6. The Labute approximate surface area is 148 Å². The lowest BCUT2D eigenvalue weighted by atomic mass is 10.1. The van der Waals surface area contributed by atoms with Crippen molar-refractivity contribution in [2.75, 3.05) is 38.1 Å². The molecule has 1 fully saturated rings. The summed E-state index contributed by atoms with van der Waals surface area (Å²) in [5, 5.41) is 8.55. The van der Waals surface area contributed by atoms with Crippen LogP contribution < -0.4 is 20.9 Å². The highest BCUT2D eigenvalue weighted by Crippen LogP contribution is 2.17. The standard InChI is InChI=1S/C18H26N4O3/c1-19-18(25)16(6-3-11-23)21-17(24)13-14-4-2-5-15(12-14)22-9-7-20-8-10-22/h2,4-5,11-12,16,20H,3,6-10,13H2,1H3,(H,19,25)(H,21,24). The summed E-state index contributed by atoms with van der Waals surface area (Å²) in [5.41, 5.74) is 2.01. The molecule has 0 aromatic heterocycles. The molecule has 0 aliphatic carbocycles. The van der Waals surface area contributed by atoms with E-state index in [1.807, 2.05) is 24.3 Å². The molecule has 7 nitrogen and oxygen atoms in total. The molecule has 136 valence electrons. The van der Waals surface area contributed by atoms with Crippen molar-refractivity contribution in [1.29, 1.82) is 0 Å². The van der Waals surface area contributed by atoms with Gasteiger partial charge in [0, 0.05) is 45.3 Å². The normalized spacial score (nSPS) is 15.3. The lowest BCUT2D eigenvalue weighted by Gasteiger charge is -2.29. The average molecular weight is 346 g/mol. The molecule has 1 saturated heterocycles. The van der Waals surface area contributed by atoms with Gasteiger partial charge < -0.3 is 25.6 Å². The fourth-order valence-corrected chi connectivity index (χ4v) is 2.89. The van der Waals surface area contributed by atoms with E-state index in [4.69, 9.17) is 0 Å². The largest absolute Gasteiger partial charge is 0.369 e. The van der Waals surface area contributed by atoms with Crippen LogP contribution in [-0.2, 0) is 20.8 Å². The summed E-state index contributed by atoms with van der Waals surface area (Å²) in [6.07, 6.45) is 1.49. The minimum atomic E-state index is -0.681. The summed E-state index contributed by atoms with van der Waals surface area (Å²) in [6, 6.07) is 7.24. The van der Waals surface area contributed by atoms with Crippen molar-refractivity contribution in [3.05, 3.63) is 29.8 Å². The number of anilines is 1. The van der Waals surface area contributed by atoms with Crippen molar-refractivity contribution in [1.82, 2.24) is 16.0 Å². The van der Waals surface area contributed by atoms with Gasteiger partial charge >= 0.3 is 0 Å². The van der Waals surface area contributed by atoms with Gasteiger partial charge in [-0.3, -0.25) is 9.59 Å². The molecule has 1 aromatic rings. The van der Waals surface area contributed by atoms with Crippen molar-refractivity contribution in [3.63, 3.8) is 0 Å². The summed E-state index contributed by atoms with van der Waals surface area (Å²) in [4.78, 5) is 36.9. The second kappa shape index (κ2) is 9.78. The van der Waals surface area contributed by atoms with E-state index in [0.717, 1.165) is 43.7 Å². The number of rotatable bonds is 8. The van der Waals surface area contributed by atoms with Crippen LogP contribution in [0.25, 0.3) is 0 Å². The van der Waals surface area contributed by atoms with Gasteiger partial charge in [0.05, 0.1) is 6.42 Å². The quantitative estimate of drug-likeness (QED) is 0.570. The molecule has 0 spiro atoms. The van der Waals surface area contributed by atoms with Crippen molar-refractivity contribution < 1.29 is 14.4 Å². The molecule has 2 amide bonds. The first-order valence-electron chi connectivity index (χ1n) is 8.63. The molecule has 25 heavy (non-hydrogen) atoms. The number of piperazine rings is 1. The van der Waals surface area contributed by atoms with Crippen LogP contribution in [0, 0.1) is 0 Å². The molecule has 1 aromatic carbocycles. The van der Waals surface area contributed by atoms with Gasteiger partial charge in [0.1, 0.15) is 12.3 Å². The molecule has 1 atom stereocenters. The van der Waals surface area contributed by atoms with Crippen molar-refractivity contribution >= 4 is 23.8 Å². The Bertz CT molecular complexity index is 600. The zero-order chi connectivity index (χ0) is 18.1. The third-order valence-corrected chi connectivity index (χ3v) is 4.23. The smallest absolute Gasteiger partial charge is 0.242 e. The van der Waals surface area contributed by atoms with Crippen LogP contribution in [0.2, 0.25) is 0 Å². The third-order valence-electron chi connectivity index (χ3n) is 4.23. The Kier molecular flexibility index (Phi) is 7.40. The molecule has 0 saturated carbocycles. The van der Waals surface area contributed by atoms with Crippen LogP contribution in [0.1, 0.15) is 18.4 Å². The Morgan fingerprint density at radius 3 is 2.76 bits per heavy atom. The highest BCUT2D eigenvalue weighted by molar-refractivity contribution is 5.88. The fourth-order valence-electron chi connectivity index (χ4n) is 2.89. The SMILES string of the molecule is CNC(=O)C(CCC=O)NC(=O)Cc1cccc(N2CCNCC2)c1. The molecule has 1 aliphatic rings. The molecule has 1 heterocycles. The van der Waals surface area contributed by atoms with E-state index in [1.54, 1.807) is 0 Å². The van der Waals surface area contributed by atoms with Crippen LogP contribution in [0.5, 0.6) is 0 Å². The second-order valence-corrected chi connectivity index (χ2v) is 6.06. The van der Waals surface area contributed by atoms with E-state index < -0.39 is 6.04 Å². The van der Waals surface area contributed by atoms with Gasteiger partial charge in [-0.1, -0.05) is 12.1 Å². The Hall–Kier alpha value is -2.41. The van der Waals surface area contributed by atoms with Crippen LogP contribution in [0.4, 0.5) is 5.69 Å². The van der Waals surface area contributed by atoms with Gasteiger partial charge in [0.2, 0.25) is 11.8 Å². The molecule has 0 bridgehead atoms. The highest BCUT2D eigenvalue weighted by Gasteiger charge is 2.19. The van der Waals surface area contributed by atoms with E-state index in [9.17, 15) is 14.4 Å². The number of aldehydes is 1. The monoisotopic (exact) mass is 346 g/mol. The van der Waals surface area contributed by atoms with Crippen LogP contribution in [-0.4, -0.2) is 57.4 Å². The number of nitrogens with zero attached hydrogens (tertiary/aromatic N) is 1. The van der Waals surface area contributed by atoms with E-state index in [1.165, 1.54) is 7.05 Å². The molecule has 0 radical (unpaired) electrons. The summed E-state index contributed by atoms with van der Waals surface area (Å²) >= 11 is 0. The number of nitrogens with one attached hydrogen (secondary N) is 3. The van der Waals surface area contributed by atoms with E-state index in [-0.39, 0.29) is 24.7 Å². The van der Waals surface area contributed by atoms with Crippen LogP contribution in [0.15, 0.2) is 24.3 Å². The Morgan fingerprint density at radius 1 is 1.32 bits per heavy atom. The minimum absolute atomic E-state index is 0.203. The van der Waals surface area contributed by atoms with E-state index in [0.29, 0.717) is 6.42 Å². The number of hydrogen-bond acceptors (Lipinski definition) is 5. The number of carbonyl (C=O) groups excluding carboxylic acids is 3. The van der Waals surface area contributed by atoms with Crippen molar-refractivity contribution in [3.8, 4) is 0 Å². The predicted molar refractivity (Wildman–Crippen MR) is 96.5 cm³/mol. The van der Waals surface area contributed by atoms with Gasteiger partial charge in [0.25, 0.3) is 0 Å². The summed E-state index contributed by atoms with van der Waals surface area (Å²) in [5.74, 6) is -0.512. The number of likely N-dealkylation sites (N-methyl/N-ethyl adjacent to an activating group) is 1. The topological polar surface area (TPSA) is 90.5 Å². The van der Waals surface area contributed by atoms with E-state index in [2.05, 4.69) is 20.9 Å². The maximum atomic E-state index is 12.3. The van der Waals surface area contributed by atoms with Gasteiger partial charge in [-0.15, -0.1) is 0 Å². The van der Waals surface area contributed by atoms with Gasteiger partial charge in [0.15, 0.2) is 0 Å². The molecule has 2 rings (SSSR count). The molecular weight excluding hydrogens is 320 g/mol. The number of benzene rings is 1. The second-order valence-electron chi connectivity index (χ2n) is 6.06. The summed E-state index contributed by atoms with van der Waals surface area (Å²) < 4.78 is 0. The lowest BCUT2D eigenvalue weighted by molar-refractivity contribution is -0.128. The van der Waals surface area contributed by atoms with Gasteiger partial charge in [-0.05, 0) is 24.1 Å². The van der Waals surface area contributed by atoms with Gasteiger partial charge in [-0.2, -0.15) is 0 Å². The molecule has 3 N–H and O–H groups in total. The maximum absolute atomic E-state index is 12.3. The zero-order valence-corrected chi connectivity index (χ0v) is 14.6. The Morgan fingerprint density at radius 2 is 2.08 bits per heavy atom. The average Bonchev–Trinajstić information content (AvgIpc) is 2.65. The number of hydrogen-bond donors (Lipinski definition) is 3. The molecule has 7 heteroatoms. The van der Waals surface area contributed by atoms with Crippen molar-refractivity contribution in [2.45, 2.75) is 25.3 Å². The Balaban J connectivity index is 1.96. The molecule has 1 aliphatic heterocycles. The molecule has 1 unspecified atom stereocenters. The summed E-state index contributed by atoms with van der Waals surface area (Å²) in [7, 11) is 1.51. The third kappa shape index (κ3) is 5.86. The first kappa shape index (κ1) is 18.9. The van der Waals surface area contributed by atoms with Gasteiger partial charge in [-0.25, -0.2) is 0 Å². The van der Waals surface area contributed by atoms with E-state index >= 15 is 0 Å². The summed E-state index contributed by atoms with van der Waals surface area (Å²) in [6.45, 7) is 3.80. The first-order chi connectivity index (χ1) is 12.1. The lowest BCUT2D eigenvalue weighted by Crippen LogP contribution is -2.46. The highest BCUT2D eigenvalue weighted by atomic mass is 16.2. The van der Waals surface area contributed by atoms with Crippen LogP contribution in [0.3, 0.4) is 0 Å². The van der Waals surface area contributed by atoms with Crippen LogP contribution >= 0.6 is 0 Å². The predicted octanol–water partition coefficient (Wildman–Crippen LogP) is -0.151. The number of amides is 2. The number of carbonyl (C=O) groups is 3. The first-order valence-corrected chi connectivity index (χ1v) is 8.63. The molecular formula is C18H26N4O3. The fraction of sp³-hybridized carbons (Fsp3) is 0.500. The minimum Gasteiger partial charge on any atom is -0.369 e. The maximum Gasteiger partial charge on any atom is 0.242 e. The van der Waals surface area contributed by atoms with Crippen molar-refractivity contribution in [2.24, 2.45) is 0 Å².